The van der Waals surface area contributed by atoms with Crippen LogP contribution in [0.4, 0.5) is 8.78 Å². The van der Waals surface area contributed by atoms with Crippen LogP contribution in [-0.2, 0) is 0 Å². The van der Waals surface area contributed by atoms with Crippen LogP contribution in [0.15, 0.2) is 24.3 Å². The number of unbranched alkanes of at least 4 members (excludes halogenated alkanes) is 4. The fraction of sp³-hybridized carbons (Fsp3) is 0.538. The third-order valence-corrected chi connectivity index (χ3v) is 2.34. The smallest absolute Gasteiger partial charge is 0.126 e. The van der Waals surface area contributed by atoms with E-state index in [-0.39, 0.29) is 12.5 Å². The zero-order chi connectivity index (χ0) is 11.6. The largest absolute Gasteiger partial charge is 0.493 e. The molecule has 0 spiro atoms. The van der Waals surface area contributed by atoms with Gasteiger partial charge in [-0.05, 0) is 25.0 Å². The second-order valence-corrected chi connectivity index (χ2v) is 3.76. The summed E-state index contributed by atoms with van der Waals surface area (Å²) in [5.74, 6) is 0.296. The van der Waals surface area contributed by atoms with Gasteiger partial charge in [-0.1, -0.05) is 25.3 Å². The molecule has 1 aromatic carbocycles. The van der Waals surface area contributed by atoms with Crippen LogP contribution >= 0.6 is 0 Å². The van der Waals surface area contributed by atoms with E-state index in [0.717, 1.165) is 25.7 Å². The third-order valence-electron chi connectivity index (χ3n) is 2.34. The number of hydrogen-bond acceptors (Lipinski definition) is 1. The van der Waals surface area contributed by atoms with Crippen LogP contribution in [0.25, 0.3) is 0 Å². The highest BCUT2D eigenvalue weighted by Crippen LogP contribution is 2.12. The molecule has 0 amide bonds. The lowest BCUT2D eigenvalue weighted by molar-refractivity contribution is 0.302. The summed E-state index contributed by atoms with van der Waals surface area (Å²) in [5.41, 5.74) is 0. The maximum absolute atomic E-state index is 12.8. The van der Waals surface area contributed by atoms with Crippen molar-refractivity contribution in [1.82, 2.24) is 0 Å². The topological polar surface area (TPSA) is 9.23 Å². The Balaban J connectivity index is 2.03. The summed E-state index contributed by atoms with van der Waals surface area (Å²) in [7, 11) is 0. The maximum Gasteiger partial charge on any atom is 0.126 e. The minimum Gasteiger partial charge on any atom is -0.493 e. The van der Waals surface area contributed by atoms with Crippen molar-refractivity contribution in [3.63, 3.8) is 0 Å². The normalized spacial score (nSPS) is 10.4. The third kappa shape index (κ3) is 5.69. The zero-order valence-electron chi connectivity index (χ0n) is 9.42. The monoisotopic (exact) mass is 228 g/mol. The van der Waals surface area contributed by atoms with Crippen molar-refractivity contribution in [1.29, 1.82) is 0 Å². The maximum atomic E-state index is 12.8. The summed E-state index contributed by atoms with van der Waals surface area (Å²) >= 11 is 0. The average Bonchev–Trinajstić information content (AvgIpc) is 2.28. The molecule has 0 unspecified atom stereocenters. The molecular formula is C13H18F2O. The number of hydrogen-bond donors (Lipinski definition) is 0. The van der Waals surface area contributed by atoms with Crippen LogP contribution in [0, 0.1) is 5.82 Å². The highest BCUT2D eigenvalue weighted by Gasteiger charge is 1.96. The van der Waals surface area contributed by atoms with Gasteiger partial charge in [0, 0.05) is 6.07 Å². The van der Waals surface area contributed by atoms with Gasteiger partial charge in [0.2, 0.25) is 0 Å². The second-order valence-electron chi connectivity index (χ2n) is 3.76. The first-order valence-corrected chi connectivity index (χ1v) is 5.77. The van der Waals surface area contributed by atoms with Gasteiger partial charge >= 0.3 is 0 Å². The van der Waals surface area contributed by atoms with Crippen molar-refractivity contribution in [2.24, 2.45) is 0 Å². The number of rotatable bonds is 8. The molecule has 0 aromatic heterocycles. The Hall–Kier alpha value is -1.12. The molecule has 0 fully saturated rings. The predicted molar refractivity (Wildman–Crippen MR) is 61.0 cm³/mol. The summed E-state index contributed by atoms with van der Waals surface area (Å²) in [5, 5.41) is 0. The highest BCUT2D eigenvalue weighted by atomic mass is 19.1. The molecule has 0 bridgehead atoms. The van der Waals surface area contributed by atoms with Crippen molar-refractivity contribution in [3.8, 4) is 5.75 Å². The van der Waals surface area contributed by atoms with Crippen LogP contribution < -0.4 is 4.74 Å². The van der Waals surface area contributed by atoms with E-state index in [9.17, 15) is 8.78 Å². The van der Waals surface area contributed by atoms with E-state index in [1.165, 1.54) is 12.1 Å². The molecule has 0 heterocycles. The first-order valence-electron chi connectivity index (χ1n) is 5.77. The fourth-order valence-corrected chi connectivity index (χ4v) is 1.47. The van der Waals surface area contributed by atoms with Gasteiger partial charge in [0.05, 0.1) is 13.3 Å². The molecule has 1 aromatic rings. The number of halogens is 2. The molecule has 0 atom stereocenters. The van der Waals surface area contributed by atoms with Crippen LogP contribution in [0.3, 0.4) is 0 Å². The van der Waals surface area contributed by atoms with Gasteiger partial charge in [0.15, 0.2) is 0 Å². The fourth-order valence-electron chi connectivity index (χ4n) is 1.47. The molecule has 0 aliphatic rings. The number of alkyl halides is 1. The Morgan fingerprint density at radius 2 is 1.75 bits per heavy atom. The summed E-state index contributed by atoms with van der Waals surface area (Å²) in [6.07, 6.45) is 4.61. The van der Waals surface area contributed by atoms with Gasteiger partial charge in [-0.15, -0.1) is 0 Å². The molecular weight excluding hydrogens is 210 g/mol. The Morgan fingerprint density at radius 1 is 1.00 bits per heavy atom. The molecule has 3 heteroatoms. The van der Waals surface area contributed by atoms with E-state index in [4.69, 9.17) is 4.74 Å². The lowest BCUT2D eigenvalue weighted by Crippen LogP contribution is -1.97. The van der Waals surface area contributed by atoms with E-state index in [1.807, 2.05) is 0 Å². The quantitative estimate of drug-likeness (QED) is 0.608. The van der Waals surface area contributed by atoms with E-state index in [1.54, 1.807) is 12.1 Å². The van der Waals surface area contributed by atoms with Gasteiger partial charge in [0.1, 0.15) is 11.6 Å². The Morgan fingerprint density at radius 3 is 2.50 bits per heavy atom. The second kappa shape index (κ2) is 8.08. The number of ether oxygens (including phenoxy) is 1. The van der Waals surface area contributed by atoms with Gasteiger partial charge in [0.25, 0.3) is 0 Å². The van der Waals surface area contributed by atoms with Crippen molar-refractivity contribution in [2.75, 3.05) is 13.3 Å². The lowest BCUT2D eigenvalue weighted by Gasteiger charge is -2.05. The van der Waals surface area contributed by atoms with E-state index >= 15 is 0 Å². The zero-order valence-corrected chi connectivity index (χ0v) is 9.42. The molecule has 1 nitrogen and oxygen atoms in total. The highest BCUT2D eigenvalue weighted by molar-refractivity contribution is 5.22. The average molecular weight is 228 g/mol. The van der Waals surface area contributed by atoms with Crippen molar-refractivity contribution < 1.29 is 13.5 Å². The van der Waals surface area contributed by atoms with Crippen LogP contribution in [0.2, 0.25) is 0 Å². The van der Waals surface area contributed by atoms with Crippen LogP contribution in [-0.4, -0.2) is 13.3 Å². The summed E-state index contributed by atoms with van der Waals surface area (Å²) in [4.78, 5) is 0. The van der Waals surface area contributed by atoms with Crippen LogP contribution in [0.5, 0.6) is 5.75 Å². The molecule has 90 valence electrons. The predicted octanol–water partition coefficient (Wildman–Crippen LogP) is 4.12. The van der Waals surface area contributed by atoms with E-state index in [0.29, 0.717) is 18.8 Å². The van der Waals surface area contributed by atoms with E-state index in [2.05, 4.69) is 0 Å². The molecule has 0 aliphatic heterocycles. The molecule has 16 heavy (non-hydrogen) atoms. The lowest BCUT2D eigenvalue weighted by atomic mass is 10.2. The molecule has 0 saturated heterocycles. The standard InChI is InChI=1S/C13H18F2O/c14-9-4-2-1-3-5-10-16-13-8-6-7-12(15)11-13/h6-8,11H,1-5,9-10H2. The SMILES string of the molecule is FCCCCCCCOc1cccc(F)c1. The summed E-state index contributed by atoms with van der Waals surface area (Å²) in [6.45, 7) is 0.374. The van der Waals surface area contributed by atoms with Gasteiger partial charge in [-0.3, -0.25) is 4.39 Å². The van der Waals surface area contributed by atoms with Crippen molar-refractivity contribution in [3.05, 3.63) is 30.1 Å². The minimum absolute atomic E-state index is 0.222. The summed E-state index contributed by atoms with van der Waals surface area (Å²) < 4.78 is 29.9. The van der Waals surface area contributed by atoms with Crippen molar-refractivity contribution >= 4 is 0 Å². The van der Waals surface area contributed by atoms with Gasteiger partial charge in [-0.25, -0.2) is 4.39 Å². The summed E-state index contributed by atoms with van der Waals surface area (Å²) in [6, 6.07) is 6.14. The Kier molecular flexibility index (Phi) is 6.54. The minimum atomic E-state index is -0.277. The van der Waals surface area contributed by atoms with Crippen molar-refractivity contribution in [2.45, 2.75) is 32.1 Å². The molecule has 0 N–H and O–H groups in total. The molecule has 1 rings (SSSR count). The van der Waals surface area contributed by atoms with Gasteiger partial charge in [-0.2, -0.15) is 0 Å². The molecule has 0 radical (unpaired) electrons. The van der Waals surface area contributed by atoms with E-state index < -0.39 is 0 Å². The number of benzene rings is 1. The molecule has 0 saturated carbocycles. The first-order chi connectivity index (χ1) is 7.83. The molecule has 0 aliphatic carbocycles. The Labute approximate surface area is 95.4 Å². The first kappa shape index (κ1) is 12.9. The van der Waals surface area contributed by atoms with Crippen LogP contribution in [0.1, 0.15) is 32.1 Å². The van der Waals surface area contributed by atoms with Gasteiger partial charge < -0.3 is 4.74 Å². The Bertz CT molecular complexity index is 289.